The Morgan fingerprint density at radius 1 is 1.22 bits per heavy atom. The van der Waals surface area contributed by atoms with E-state index in [2.05, 4.69) is 5.32 Å². The Balaban J connectivity index is 2.15. The third kappa shape index (κ3) is 8.11. The highest BCUT2D eigenvalue weighted by Gasteiger charge is 2.37. The van der Waals surface area contributed by atoms with Crippen molar-refractivity contribution in [1.82, 2.24) is 10.2 Å². The minimum Gasteiger partial charge on any atom is -0.480 e. The number of aliphatic carboxylic acids is 1. The van der Waals surface area contributed by atoms with Gasteiger partial charge in [-0.15, -0.1) is 0 Å². The Morgan fingerprint density at radius 2 is 1.94 bits per heavy atom. The normalized spacial score (nSPS) is 19.9. The molecular formula is C23H35N3O5S. The molecule has 178 valence electrons. The van der Waals surface area contributed by atoms with E-state index in [0.717, 1.165) is 31.2 Å². The number of carbonyl (C=O) groups excluding carboxylic acids is 2. The molecule has 0 spiro atoms. The highest BCUT2D eigenvalue weighted by molar-refractivity contribution is 7.99. The number of nitrogens with two attached hydrogens (primary N) is 1. The summed E-state index contributed by atoms with van der Waals surface area (Å²) in [7, 11) is 0. The molecule has 0 aromatic heterocycles. The summed E-state index contributed by atoms with van der Waals surface area (Å²) in [5.41, 5.74) is 6.44. The molecule has 0 aliphatic carbocycles. The minimum absolute atomic E-state index is 0.263. The Morgan fingerprint density at radius 3 is 2.59 bits per heavy atom. The van der Waals surface area contributed by atoms with E-state index < -0.39 is 18.1 Å². The van der Waals surface area contributed by atoms with Gasteiger partial charge in [0.2, 0.25) is 5.91 Å². The molecule has 1 heterocycles. The van der Waals surface area contributed by atoms with Gasteiger partial charge in [-0.25, -0.2) is 0 Å². The van der Waals surface area contributed by atoms with Crippen molar-refractivity contribution in [3.05, 3.63) is 35.9 Å². The summed E-state index contributed by atoms with van der Waals surface area (Å²) in [6, 6.07) is 7.85. The van der Waals surface area contributed by atoms with Crippen LogP contribution in [0.25, 0.3) is 0 Å². The van der Waals surface area contributed by atoms with Crippen LogP contribution in [0.3, 0.4) is 0 Å². The fourth-order valence-corrected chi connectivity index (χ4v) is 5.02. The van der Waals surface area contributed by atoms with Gasteiger partial charge in [0.05, 0.1) is 18.7 Å². The van der Waals surface area contributed by atoms with Gasteiger partial charge in [-0.1, -0.05) is 49.6 Å². The molecule has 3 atom stereocenters. The molecule has 2 rings (SSSR count). The van der Waals surface area contributed by atoms with Crippen LogP contribution < -0.4 is 11.1 Å². The molecule has 0 bridgehead atoms. The molecule has 32 heavy (non-hydrogen) atoms. The molecule has 1 saturated heterocycles. The van der Waals surface area contributed by atoms with Crippen molar-refractivity contribution in [2.24, 2.45) is 5.73 Å². The van der Waals surface area contributed by atoms with Crippen molar-refractivity contribution in [2.45, 2.75) is 57.2 Å². The zero-order chi connectivity index (χ0) is 23.3. The Labute approximate surface area is 194 Å². The third-order valence-electron chi connectivity index (χ3n) is 5.43. The van der Waals surface area contributed by atoms with Crippen LogP contribution in [0, 0.1) is 0 Å². The minimum atomic E-state index is -1.06. The van der Waals surface area contributed by atoms with Crippen molar-refractivity contribution in [3.8, 4) is 0 Å². The molecule has 1 aromatic rings. The van der Waals surface area contributed by atoms with E-state index in [1.165, 1.54) is 4.90 Å². The van der Waals surface area contributed by atoms with Gasteiger partial charge in [-0.05, 0) is 31.9 Å². The van der Waals surface area contributed by atoms with E-state index in [1.54, 1.807) is 18.7 Å². The smallest absolute Gasteiger partial charge is 0.323 e. The van der Waals surface area contributed by atoms with Crippen LogP contribution in [0.15, 0.2) is 30.3 Å². The standard InChI is InChI=1S/C23H35N3O5S/c1-2-31-23(30)18(12-8-3-4-9-13-24)25-19-15-32-16-20(17-10-6-5-7-11-17)26(22(19)29)14-21(27)28/h5-7,10-11,18-20,25H,2-4,8-9,12-16,24H2,1H3,(H,27,28)/t18-,19?,20?/m1/s1. The molecular weight excluding hydrogens is 430 g/mol. The first-order valence-corrected chi connectivity index (χ1v) is 12.4. The second-order valence-corrected chi connectivity index (χ2v) is 8.91. The summed E-state index contributed by atoms with van der Waals surface area (Å²) in [6.45, 7) is 2.27. The van der Waals surface area contributed by atoms with Crippen LogP contribution in [0.1, 0.15) is 50.6 Å². The molecule has 8 nitrogen and oxygen atoms in total. The van der Waals surface area contributed by atoms with Gasteiger partial charge in [0.15, 0.2) is 0 Å². The van der Waals surface area contributed by atoms with Crippen LogP contribution in [-0.2, 0) is 19.1 Å². The Bertz CT molecular complexity index is 734. The second kappa shape index (κ2) is 14.1. The van der Waals surface area contributed by atoms with Gasteiger partial charge in [-0.3, -0.25) is 19.7 Å². The van der Waals surface area contributed by atoms with E-state index in [9.17, 15) is 19.5 Å². The van der Waals surface area contributed by atoms with E-state index in [0.29, 0.717) is 24.5 Å². The number of carboxylic acid groups (broad SMARTS) is 1. The molecule has 0 saturated carbocycles. The largest absolute Gasteiger partial charge is 0.480 e. The van der Waals surface area contributed by atoms with E-state index >= 15 is 0 Å². The maximum absolute atomic E-state index is 13.4. The van der Waals surface area contributed by atoms with Gasteiger partial charge < -0.3 is 20.5 Å². The average molecular weight is 466 g/mol. The van der Waals surface area contributed by atoms with Crippen molar-refractivity contribution in [2.75, 3.05) is 31.2 Å². The summed E-state index contributed by atoms with van der Waals surface area (Å²) in [6.07, 6.45) is 4.26. The van der Waals surface area contributed by atoms with Crippen LogP contribution in [0.4, 0.5) is 0 Å². The summed E-state index contributed by atoms with van der Waals surface area (Å²) < 4.78 is 5.22. The number of carboxylic acids is 1. The zero-order valence-electron chi connectivity index (χ0n) is 18.7. The number of carbonyl (C=O) groups is 3. The monoisotopic (exact) mass is 465 g/mol. The summed E-state index contributed by atoms with van der Waals surface area (Å²) in [4.78, 5) is 38.9. The molecule has 1 aliphatic heterocycles. The lowest BCUT2D eigenvalue weighted by molar-refractivity contribution is -0.149. The predicted octanol–water partition coefficient (Wildman–Crippen LogP) is 2.19. The van der Waals surface area contributed by atoms with Gasteiger partial charge in [0.25, 0.3) is 0 Å². The molecule has 1 amide bonds. The van der Waals surface area contributed by atoms with E-state index in [4.69, 9.17) is 10.5 Å². The first-order valence-electron chi connectivity index (χ1n) is 11.3. The Kier molecular flexibility index (Phi) is 11.5. The van der Waals surface area contributed by atoms with Crippen molar-refractivity contribution >= 4 is 29.6 Å². The second-order valence-electron chi connectivity index (χ2n) is 7.84. The number of ether oxygens (including phenoxy) is 1. The zero-order valence-corrected chi connectivity index (χ0v) is 19.5. The van der Waals surface area contributed by atoms with E-state index in [-0.39, 0.29) is 31.1 Å². The van der Waals surface area contributed by atoms with Crippen molar-refractivity contribution in [1.29, 1.82) is 0 Å². The maximum atomic E-state index is 13.4. The number of benzene rings is 1. The van der Waals surface area contributed by atoms with Gasteiger partial charge in [-0.2, -0.15) is 11.8 Å². The first kappa shape index (κ1) is 26.2. The lowest BCUT2D eigenvalue weighted by Gasteiger charge is -2.31. The first-order chi connectivity index (χ1) is 15.5. The maximum Gasteiger partial charge on any atom is 0.323 e. The highest BCUT2D eigenvalue weighted by atomic mass is 32.2. The number of thioether (sulfide) groups is 1. The topological polar surface area (TPSA) is 122 Å². The van der Waals surface area contributed by atoms with Crippen LogP contribution in [0.5, 0.6) is 0 Å². The summed E-state index contributed by atoms with van der Waals surface area (Å²) in [5, 5.41) is 12.6. The Hall–Kier alpha value is -2.10. The number of hydrogen-bond donors (Lipinski definition) is 3. The van der Waals surface area contributed by atoms with Gasteiger partial charge in [0.1, 0.15) is 12.6 Å². The lowest BCUT2D eigenvalue weighted by Crippen LogP contribution is -2.54. The summed E-state index contributed by atoms with van der Waals surface area (Å²) >= 11 is 1.58. The number of nitrogens with zero attached hydrogens (tertiary/aromatic N) is 1. The quantitative estimate of drug-likeness (QED) is 0.299. The molecule has 4 N–H and O–H groups in total. The molecule has 0 radical (unpaired) electrons. The molecule has 1 fully saturated rings. The summed E-state index contributed by atoms with van der Waals surface area (Å²) in [5.74, 6) is -0.695. The van der Waals surface area contributed by atoms with E-state index in [1.807, 2.05) is 30.3 Å². The van der Waals surface area contributed by atoms with Crippen molar-refractivity contribution in [3.63, 3.8) is 0 Å². The SMILES string of the molecule is CCOC(=O)[C@@H](CCCCCCN)NC1CSCC(c2ccccc2)N(CC(=O)O)C1=O. The predicted molar refractivity (Wildman–Crippen MR) is 125 cm³/mol. The average Bonchev–Trinajstić information content (AvgIpc) is 2.92. The van der Waals surface area contributed by atoms with Gasteiger partial charge in [0, 0.05) is 11.5 Å². The third-order valence-corrected chi connectivity index (χ3v) is 6.55. The molecule has 9 heteroatoms. The number of rotatable bonds is 13. The van der Waals surface area contributed by atoms with Gasteiger partial charge >= 0.3 is 11.9 Å². The number of hydrogen-bond acceptors (Lipinski definition) is 7. The molecule has 2 unspecified atom stereocenters. The fourth-order valence-electron chi connectivity index (χ4n) is 3.82. The van der Waals surface area contributed by atoms with Crippen LogP contribution in [-0.4, -0.2) is 71.1 Å². The fraction of sp³-hybridized carbons (Fsp3) is 0.609. The number of esters is 1. The number of unbranched alkanes of at least 4 members (excludes halogenated alkanes) is 3. The molecule has 1 aliphatic rings. The number of amides is 1. The number of nitrogens with one attached hydrogen (secondary N) is 1. The molecule has 1 aromatic carbocycles. The van der Waals surface area contributed by atoms with Crippen LogP contribution in [0.2, 0.25) is 0 Å². The lowest BCUT2D eigenvalue weighted by atomic mass is 10.0. The highest BCUT2D eigenvalue weighted by Crippen LogP contribution is 2.29. The van der Waals surface area contributed by atoms with Crippen LogP contribution >= 0.6 is 11.8 Å². The van der Waals surface area contributed by atoms with Crippen molar-refractivity contribution < 1.29 is 24.2 Å².